The second-order valence-electron chi connectivity index (χ2n) is 5.54. The first-order valence-corrected chi connectivity index (χ1v) is 16.2. The number of ether oxygens (including phenoxy) is 1. The summed E-state index contributed by atoms with van der Waals surface area (Å²) < 4.78 is 28.4. The molecule has 2 rings (SSSR count). The monoisotopic (exact) mass is 368 g/mol. The van der Waals surface area contributed by atoms with Crippen LogP contribution in [0.25, 0.3) is 0 Å². The molecule has 0 amide bonds. The van der Waals surface area contributed by atoms with Gasteiger partial charge in [0.25, 0.3) is 0 Å². The van der Waals surface area contributed by atoms with Crippen molar-refractivity contribution < 1.29 is 22.4 Å². The molecule has 21 heavy (non-hydrogen) atoms. The lowest BCUT2D eigenvalue weighted by atomic mass is 10.9. The van der Waals surface area contributed by atoms with E-state index < -0.39 is 17.1 Å². The van der Waals surface area contributed by atoms with Crippen molar-refractivity contribution in [2.24, 2.45) is 0 Å². The Morgan fingerprint density at radius 3 is 1.52 bits per heavy atom. The summed E-state index contributed by atoms with van der Waals surface area (Å²) in [5, 5.41) is -0.116. The average Bonchev–Trinajstić information content (AvgIpc) is 3.19. The molecule has 2 saturated heterocycles. The largest absolute Gasteiger partial charge is 0.396 e. The second kappa shape index (κ2) is 9.73. The lowest BCUT2D eigenvalue weighted by Crippen LogP contribution is -2.62. The van der Waals surface area contributed by atoms with Crippen LogP contribution in [0, 0.1) is 0 Å². The van der Waals surface area contributed by atoms with E-state index >= 15 is 0 Å². The first kappa shape index (κ1) is 19.7. The Morgan fingerprint density at radius 2 is 1.29 bits per heavy atom. The molecule has 0 N–H and O–H groups in total. The Balaban J connectivity index is 0.000000369. The van der Waals surface area contributed by atoms with Crippen molar-refractivity contribution in [2.75, 3.05) is 35.0 Å². The topological polar surface area (TPSA) is 46.2 Å². The minimum atomic E-state index is -2.32. The molecule has 0 spiro atoms. The van der Waals surface area contributed by atoms with E-state index in [1.807, 2.05) is 6.92 Å². The van der Waals surface area contributed by atoms with Crippen molar-refractivity contribution in [2.45, 2.75) is 42.1 Å². The molecular formula is C12H32O5Si4. The lowest BCUT2D eigenvalue weighted by Gasteiger charge is -2.34. The Labute approximate surface area is 136 Å². The normalized spacial score (nSPS) is 26.1. The van der Waals surface area contributed by atoms with Gasteiger partial charge in [0.2, 0.25) is 0 Å². The third-order valence-electron chi connectivity index (χ3n) is 4.59. The maximum atomic E-state index is 5.82. The Hall–Kier alpha value is 0.668. The van der Waals surface area contributed by atoms with Crippen LogP contribution in [0.15, 0.2) is 0 Å². The Bertz CT molecular complexity index is 255. The summed E-state index contributed by atoms with van der Waals surface area (Å²) in [6, 6.07) is 5.15. The zero-order valence-corrected chi connectivity index (χ0v) is 19.1. The standard InChI is InChI=1S/C9H22O5Si2.C3H10Si2/c1-6-14-9-15(10-2,11-3)7-8-16(9,12-4)13-5;1-2-5-3-4-1/h9H,6-8H2,1-5H3;1-5H2. The third kappa shape index (κ3) is 4.58. The molecule has 9 heteroatoms. The van der Waals surface area contributed by atoms with Crippen molar-refractivity contribution in [1.29, 1.82) is 0 Å². The van der Waals surface area contributed by atoms with Crippen molar-refractivity contribution in [3.8, 4) is 0 Å². The van der Waals surface area contributed by atoms with Crippen LogP contribution in [0.2, 0.25) is 29.8 Å². The molecule has 126 valence electrons. The molecule has 0 aliphatic carbocycles. The van der Waals surface area contributed by atoms with Crippen LogP contribution in [-0.2, 0) is 22.4 Å². The molecular weight excluding hydrogens is 336 g/mol. The quantitative estimate of drug-likeness (QED) is 0.639. The van der Waals surface area contributed by atoms with Gasteiger partial charge in [0.15, 0.2) is 0 Å². The molecule has 0 aromatic heterocycles. The number of hydrogen-bond donors (Lipinski definition) is 0. The number of hydrogen-bond acceptors (Lipinski definition) is 5. The van der Waals surface area contributed by atoms with Crippen LogP contribution in [0.3, 0.4) is 0 Å². The fourth-order valence-electron chi connectivity index (χ4n) is 3.25. The highest BCUT2D eigenvalue weighted by Crippen LogP contribution is 2.40. The van der Waals surface area contributed by atoms with Gasteiger partial charge in [-0.3, -0.25) is 0 Å². The summed E-state index contributed by atoms with van der Waals surface area (Å²) in [6.45, 7) is 2.58. The van der Waals surface area contributed by atoms with E-state index in [1.54, 1.807) is 46.2 Å². The maximum Gasteiger partial charge on any atom is 0.369 e. The van der Waals surface area contributed by atoms with Gasteiger partial charge in [-0.15, -0.1) is 0 Å². The van der Waals surface area contributed by atoms with E-state index in [9.17, 15) is 0 Å². The van der Waals surface area contributed by atoms with Gasteiger partial charge >= 0.3 is 17.1 Å². The van der Waals surface area contributed by atoms with Crippen LogP contribution in [-0.4, -0.2) is 76.6 Å². The summed E-state index contributed by atoms with van der Waals surface area (Å²) in [6.07, 6.45) is 0. The summed E-state index contributed by atoms with van der Waals surface area (Å²) in [5.74, 6) is 0. The average molecular weight is 369 g/mol. The highest BCUT2D eigenvalue weighted by Gasteiger charge is 2.67. The lowest BCUT2D eigenvalue weighted by molar-refractivity contribution is 0.0775. The summed E-state index contributed by atoms with van der Waals surface area (Å²) >= 11 is 0. The molecule has 0 radical (unpaired) electrons. The van der Waals surface area contributed by atoms with Gasteiger partial charge < -0.3 is 22.4 Å². The molecule has 2 aliphatic rings. The SMILES string of the molecule is C1C[SiH2]C[SiH2]1.CCOC1[Si](OC)(OC)CC[Si]1(OC)OC. The summed E-state index contributed by atoms with van der Waals surface area (Å²) in [4.78, 5) is 0. The highest BCUT2D eigenvalue weighted by molar-refractivity contribution is 6.92. The molecule has 0 aromatic rings. The predicted molar refractivity (Wildman–Crippen MR) is 96.1 cm³/mol. The molecule has 0 atom stereocenters. The van der Waals surface area contributed by atoms with Crippen LogP contribution < -0.4 is 0 Å². The van der Waals surface area contributed by atoms with Crippen molar-refractivity contribution in [1.82, 2.24) is 0 Å². The van der Waals surface area contributed by atoms with Gasteiger partial charge in [0.1, 0.15) is 5.35 Å². The minimum Gasteiger partial charge on any atom is -0.396 e. The van der Waals surface area contributed by atoms with Crippen molar-refractivity contribution in [3.05, 3.63) is 0 Å². The van der Waals surface area contributed by atoms with Gasteiger partial charge in [-0.1, -0.05) is 17.8 Å². The van der Waals surface area contributed by atoms with Crippen LogP contribution >= 0.6 is 0 Å². The molecule has 2 heterocycles. The van der Waals surface area contributed by atoms with E-state index in [4.69, 9.17) is 22.4 Å². The van der Waals surface area contributed by atoms with E-state index in [0.29, 0.717) is 25.6 Å². The van der Waals surface area contributed by atoms with Crippen LogP contribution in [0.4, 0.5) is 0 Å². The summed E-state index contributed by atoms with van der Waals surface area (Å²) in [5.41, 5.74) is 1.78. The van der Waals surface area contributed by atoms with E-state index in [1.165, 1.54) is 0 Å². The van der Waals surface area contributed by atoms with Gasteiger partial charge in [-0.05, 0) is 19.0 Å². The molecule has 0 bridgehead atoms. The zero-order valence-electron chi connectivity index (χ0n) is 14.3. The van der Waals surface area contributed by atoms with Crippen molar-refractivity contribution in [3.63, 3.8) is 0 Å². The Morgan fingerprint density at radius 1 is 0.857 bits per heavy atom. The van der Waals surface area contributed by atoms with E-state index in [0.717, 1.165) is 12.1 Å². The molecule has 0 unspecified atom stereocenters. The summed E-state index contributed by atoms with van der Waals surface area (Å²) in [7, 11) is 3.34. The number of rotatable bonds is 6. The predicted octanol–water partition coefficient (Wildman–Crippen LogP) is 0.503. The molecule has 2 fully saturated rings. The van der Waals surface area contributed by atoms with Gasteiger partial charge in [-0.25, -0.2) is 0 Å². The van der Waals surface area contributed by atoms with Crippen molar-refractivity contribution >= 4 is 36.2 Å². The third-order valence-corrected chi connectivity index (χ3v) is 21.3. The highest BCUT2D eigenvalue weighted by atomic mass is 28.4. The van der Waals surface area contributed by atoms with Crippen LogP contribution in [0.1, 0.15) is 6.92 Å². The van der Waals surface area contributed by atoms with Gasteiger partial charge in [-0.2, -0.15) is 0 Å². The molecule has 5 nitrogen and oxygen atoms in total. The first-order valence-electron chi connectivity index (χ1n) is 7.97. The Kier molecular flexibility index (Phi) is 9.13. The zero-order chi connectivity index (χ0) is 15.8. The van der Waals surface area contributed by atoms with Gasteiger partial charge in [0, 0.05) is 54.1 Å². The van der Waals surface area contributed by atoms with E-state index in [2.05, 4.69) is 0 Å². The maximum absolute atomic E-state index is 5.82. The van der Waals surface area contributed by atoms with Crippen LogP contribution in [0.5, 0.6) is 0 Å². The van der Waals surface area contributed by atoms with E-state index in [-0.39, 0.29) is 5.35 Å². The fourth-order valence-corrected chi connectivity index (χ4v) is 21.4. The molecule has 0 aromatic carbocycles. The second-order valence-corrected chi connectivity index (χ2v) is 18.7. The minimum absolute atomic E-state index is 0.116. The smallest absolute Gasteiger partial charge is 0.369 e. The molecule has 2 aliphatic heterocycles. The molecule has 0 saturated carbocycles. The first-order chi connectivity index (χ1) is 10.1. The van der Waals surface area contributed by atoms with Gasteiger partial charge in [0.05, 0.1) is 0 Å². The fraction of sp³-hybridized carbons (Fsp3) is 1.00.